The third-order valence-corrected chi connectivity index (χ3v) is 4.25. The second kappa shape index (κ2) is 6.56. The maximum Gasteiger partial charge on any atom is 0.234 e. The minimum absolute atomic E-state index is 0.179. The molecule has 18 heavy (non-hydrogen) atoms. The van der Waals surface area contributed by atoms with Crippen molar-refractivity contribution in [2.45, 2.75) is 5.75 Å². The van der Waals surface area contributed by atoms with E-state index in [2.05, 4.69) is 5.32 Å². The van der Waals surface area contributed by atoms with E-state index >= 15 is 0 Å². The Morgan fingerprint density at radius 1 is 1.28 bits per heavy atom. The number of halogens is 1. The SMILES string of the molecule is O=C(CSCc1cccs1)Nc1ccccc1F. The van der Waals surface area contributed by atoms with Crippen LogP contribution in [0.25, 0.3) is 0 Å². The van der Waals surface area contributed by atoms with Gasteiger partial charge < -0.3 is 5.32 Å². The molecule has 1 aromatic carbocycles. The van der Waals surface area contributed by atoms with Crippen LogP contribution < -0.4 is 5.32 Å². The Hall–Kier alpha value is -1.33. The molecule has 2 aromatic rings. The zero-order valence-corrected chi connectivity index (χ0v) is 11.2. The molecule has 0 aliphatic heterocycles. The summed E-state index contributed by atoms with van der Waals surface area (Å²) >= 11 is 3.19. The Balaban J connectivity index is 1.77. The Labute approximate surface area is 113 Å². The third-order valence-electron chi connectivity index (χ3n) is 2.21. The van der Waals surface area contributed by atoms with Gasteiger partial charge in [0, 0.05) is 10.6 Å². The second-order valence-electron chi connectivity index (χ2n) is 3.60. The molecule has 1 amide bonds. The summed E-state index contributed by atoms with van der Waals surface area (Å²) in [5.74, 6) is 0.546. The van der Waals surface area contributed by atoms with Crippen LogP contribution in [0.15, 0.2) is 41.8 Å². The van der Waals surface area contributed by atoms with Crippen molar-refractivity contribution in [2.24, 2.45) is 0 Å². The standard InChI is InChI=1S/C13H12FNOS2/c14-11-5-1-2-6-12(11)15-13(16)9-17-8-10-4-3-7-18-10/h1-7H,8-9H2,(H,15,16). The van der Waals surface area contributed by atoms with E-state index < -0.39 is 5.82 Å². The van der Waals surface area contributed by atoms with Gasteiger partial charge in [0.1, 0.15) is 5.82 Å². The van der Waals surface area contributed by atoms with Crippen molar-refractivity contribution in [1.29, 1.82) is 0 Å². The molecule has 0 atom stereocenters. The number of rotatable bonds is 5. The smallest absolute Gasteiger partial charge is 0.234 e. The molecule has 1 aromatic heterocycles. The molecular formula is C13H12FNOS2. The van der Waals surface area contributed by atoms with Gasteiger partial charge in [0.05, 0.1) is 11.4 Å². The van der Waals surface area contributed by atoms with Gasteiger partial charge in [-0.25, -0.2) is 4.39 Å². The predicted molar refractivity (Wildman–Crippen MR) is 75.5 cm³/mol. The molecule has 0 aliphatic carbocycles. The lowest BCUT2D eigenvalue weighted by Crippen LogP contribution is -2.15. The van der Waals surface area contributed by atoms with E-state index in [1.807, 2.05) is 17.5 Å². The van der Waals surface area contributed by atoms with Gasteiger partial charge in [0.15, 0.2) is 0 Å². The molecule has 0 fully saturated rings. The normalized spacial score (nSPS) is 10.3. The van der Waals surface area contributed by atoms with E-state index in [4.69, 9.17) is 0 Å². The van der Waals surface area contributed by atoms with Crippen molar-refractivity contribution in [3.05, 3.63) is 52.5 Å². The fraction of sp³-hybridized carbons (Fsp3) is 0.154. The first-order valence-corrected chi connectivity index (χ1v) is 7.43. The van der Waals surface area contributed by atoms with Crippen LogP contribution in [0.3, 0.4) is 0 Å². The summed E-state index contributed by atoms with van der Waals surface area (Å²) in [4.78, 5) is 12.8. The molecule has 1 heterocycles. The fourth-order valence-corrected chi connectivity index (χ4v) is 3.06. The molecule has 0 radical (unpaired) electrons. The van der Waals surface area contributed by atoms with E-state index in [0.717, 1.165) is 5.75 Å². The molecule has 5 heteroatoms. The molecule has 2 nitrogen and oxygen atoms in total. The topological polar surface area (TPSA) is 29.1 Å². The van der Waals surface area contributed by atoms with E-state index in [1.165, 1.54) is 22.7 Å². The van der Waals surface area contributed by atoms with Crippen LogP contribution in [0, 0.1) is 5.82 Å². The van der Waals surface area contributed by atoms with E-state index in [0.29, 0.717) is 5.75 Å². The number of carbonyl (C=O) groups excluding carboxylic acids is 1. The number of benzene rings is 1. The maximum atomic E-state index is 13.3. The molecule has 0 unspecified atom stereocenters. The highest BCUT2D eigenvalue weighted by molar-refractivity contribution is 7.99. The number of hydrogen-bond acceptors (Lipinski definition) is 3. The van der Waals surface area contributed by atoms with E-state index in [9.17, 15) is 9.18 Å². The lowest BCUT2D eigenvalue weighted by atomic mass is 10.3. The monoisotopic (exact) mass is 281 g/mol. The number of thioether (sulfide) groups is 1. The van der Waals surface area contributed by atoms with Crippen LogP contribution in [-0.2, 0) is 10.5 Å². The number of para-hydroxylation sites is 1. The summed E-state index contributed by atoms with van der Waals surface area (Å²) < 4.78 is 13.3. The zero-order valence-electron chi connectivity index (χ0n) is 9.56. The molecule has 0 bridgehead atoms. The minimum atomic E-state index is -0.408. The first kappa shape index (κ1) is 13.1. The largest absolute Gasteiger partial charge is 0.323 e. The van der Waals surface area contributed by atoms with Gasteiger partial charge >= 0.3 is 0 Å². The Morgan fingerprint density at radius 2 is 2.11 bits per heavy atom. The molecular weight excluding hydrogens is 269 g/mol. The van der Waals surface area contributed by atoms with Crippen LogP contribution >= 0.6 is 23.1 Å². The lowest BCUT2D eigenvalue weighted by molar-refractivity contribution is -0.113. The number of anilines is 1. The first-order valence-electron chi connectivity index (χ1n) is 5.40. The van der Waals surface area contributed by atoms with Crippen molar-refractivity contribution in [3.8, 4) is 0 Å². The lowest BCUT2D eigenvalue weighted by Gasteiger charge is -2.05. The molecule has 0 aliphatic rings. The quantitative estimate of drug-likeness (QED) is 0.904. The number of thiophene rings is 1. The van der Waals surface area contributed by atoms with Gasteiger partial charge in [0.25, 0.3) is 0 Å². The Morgan fingerprint density at radius 3 is 2.83 bits per heavy atom. The van der Waals surface area contributed by atoms with E-state index in [-0.39, 0.29) is 11.6 Å². The van der Waals surface area contributed by atoms with Crippen LogP contribution in [-0.4, -0.2) is 11.7 Å². The van der Waals surface area contributed by atoms with Crippen LogP contribution in [0.2, 0.25) is 0 Å². The van der Waals surface area contributed by atoms with E-state index in [1.54, 1.807) is 29.5 Å². The number of hydrogen-bond donors (Lipinski definition) is 1. The molecule has 0 spiro atoms. The van der Waals surface area contributed by atoms with Gasteiger partial charge in [0.2, 0.25) is 5.91 Å². The number of nitrogens with one attached hydrogen (secondary N) is 1. The summed E-state index contributed by atoms with van der Waals surface area (Å²) in [6.07, 6.45) is 0. The van der Waals surface area contributed by atoms with Crippen LogP contribution in [0.1, 0.15) is 4.88 Å². The minimum Gasteiger partial charge on any atom is -0.323 e. The fourth-order valence-electron chi connectivity index (χ4n) is 1.39. The van der Waals surface area contributed by atoms with Crippen molar-refractivity contribution in [1.82, 2.24) is 0 Å². The van der Waals surface area contributed by atoms with Crippen molar-refractivity contribution < 1.29 is 9.18 Å². The molecule has 94 valence electrons. The van der Waals surface area contributed by atoms with Gasteiger partial charge in [-0.05, 0) is 23.6 Å². The highest BCUT2D eigenvalue weighted by atomic mass is 32.2. The Bertz CT molecular complexity index is 513. The van der Waals surface area contributed by atoms with Gasteiger partial charge in [-0.1, -0.05) is 18.2 Å². The molecule has 2 rings (SSSR count). The van der Waals surface area contributed by atoms with Gasteiger partial charge in [-0.2, -0.15) is 0 Å². The number of amides is 1. The van der Waals surface area contributed by atoms with Crippen molar-refractivity contribution in [2.75, 3.05) is 11.1 Å². The molecule has 0 saturated carbocycles. The molecule has 0 saturated heterocycles. The Kier molecular flexibility index (Phi) is 4.78. The van der Waals surface area contributed by atoms with Crippen LogP contribution in [0.4, 0.5) is 10.1 Å². The van der Waals surface area contributed by atoms with Crippen molar-refractivity contribution >= 4 is 34.7 Å². The third kappa shape index (κ3) is 3.85. The number of carbonyl (C=O) groups is 1. The predicted octanol–water partition coefficient (Wildman–Crippen LogP) is 3.76. The summed E-state index contributed by atoms with van der Waals surface area (Å²) in [6, 6.07) is 10.2. The van der Waals surface area contributed by atoms with Crippen molar-refractivity contribution in [3.63, 3.8) is 0 Å². The summed E-state index contributed by atoms with van der Waals surface area (Å²) in [5, 5.41) is 4.57. The van der Waals surface area contributed by atoms with Crippen LogP contribution in [0.5, 0.6) is 0 Å². The summed E-state index contributed by atoms with van der Waals surface area (Å²) in [6.45, 7) is 0. The molecule has 1 N–H and O–H groups in total. The summed E-state index contributed by atoms with van der Waals surface area (Å²) in [5.41, 5.74) is 0.235. The zero-order chi connectivity index (χ0) is 12.8. The highest BCUT2D eigenvalue weighted by Gasteiger charge is 2.06. The maximum absolute atomic E-state index is 13.3. The van der Waals surface area contributed by atoms with Gasteiger partial charge in [-0.3, -0.25) is 4.79 Å². The average Bonchev–Trinajstić information content (AvgIpc) is 2.85. The average molecular weight is 281 g/mol. The summed E-state index contributed by atoms with van der Waals surface area (Å²) in [7, 11) is 0. The first-order chi connectivity index (χ1) is 8.75. The van der Waals surface area contributed by atoms with Gasteiger partial charge in [-0.15, -0.1) is 23.1 Å². The second-order valence-corrected chi connectivity index (χ2v) is 5.62. The highest BCUT2D eigenvalue weighted by Crippen LogP contribution is 2.18.